The quantitative estimate of drug-likeness (QED) is 0.823. The molecule has 78 valence electrons. The van der Waals surface area contributed by atoms with Crippen molar-refractivity contribution in [3.8, 4) is 0 Å². The second-order valence-electron chi connectivity index (χ2n) is 3.47. The molecule has 0 heterocycles. The molecule has 1 aromatic carbocycles. The molecule has 0 fully saturated rings. The Labute approximate surface area is 85.0 Å². The summed E-state index contributed by atoms with van der Waals surface area (Å²) in [5, 5.41) is 4.93. The molecule has 0 aromatic heterocycles. The maximum absolute atomic E-state index is 10.7. The number of sulfonamides is 1. The number of primary sulfonamides is 1. The van der Waals surface area contributed by atoms with Crippen molar-refractivity contribution in [2.24, 2.45) is 5.14 Å². The van der Waals surface area contributed by atoms with Gasteiger partial charge < -0.3 is 0 Å². The average molecular weight is 213 g/mol. The van der Waals surface area contributed by atoms with Crippen LogP contribution < -0.4 is 5.14 Å². The van der Waals surface area contributed by atoms with Crippen LogP contribution in [0.3, 0.4) is 0 Å². The zero-order valence-electron chi connectivity index (χ0n) is 8.18. The second-order valence-corrected chi connectivity index (χ2v) is 5.20. The molecule has 0 radical (unpaired) electrons. The molecule has 0 bridgehead atoms. The average Bonchev–Trinajstić information content (AvgIpc) is 2.14. The SMILES string of the molecule is CC(CCS(N)(=O)=O)c1ccccc1. The Morgan fingerprint density at radius 3 is 2.36 bits per heavy atom. The van der Waals surface area contributed by atoms with Crippen LogP contribution >= 0.6 is 0 Å². The first-order chi connectivity index (χ1) is 6.49. The van der Waals surface area contributed by atoms with Gasteiger partial charge in [0.25, 0.3) is 0 Å². The highest BCUT2D eigenvalue weighted by atomic mass is 32.2. The van der Waals surface area contributed by atoms with E-state index in [0.717, 1.165) is 5.56 Å². The molecule has 1 rings (SSSR count). The molecule has 0 amide bonds. The second kappa shape index (κ2) is 4.57. The van der Waals surface area contributed by atoms with E-state index in [1.54, 1.807) is 0 Å². The number of hydrogen-bond acceptors (Lipinski definition) is 2. The van der Waals surface area contributed by atoms with Crippen LogP contribution in [0.25, 0.3) is 0 Å². The Morgan fingerprint density at radius 2 is 1.86 bits per heavy atom. The molecule has 4 heteroatoms. The molecule has 0 spiro atoms. The molecule has 1 unspecified atom stereocenters. The van der Waals surface area contributed by atoms with E-state index in [2.05, 4.69) is 0 Å². The fraction of sp³-hybridized carbons (Fsp3) is 0.400. The lowest BCUT2D eigenvalue weighted by Crippen LogP contribution is -2.17. The first kappa shape index (κ1) is 11.2. The molecule has 0 saturated carbocycles. The van der Waals surface area contributed by atoms with Gasteiger partial charge in [-0.05, 0) is 17.9 Å². The van der Waals surface area contributed by atoms with E-state index in [4.69, 9.17) is 5.14 Å². The third-order valence-electron chi connectivity index (χ3n) is 2.20. The lowest BCUT2D eigenvalue weighted by atomic mass is 9.99. The van der Waals surface area contributed by atoms with Gasteiger partial charge in [-0.15, -0.1) is 0 Å². The Bertz CT molecular complexity index is 372. The van der Waals surface area contributed by atoms with E-state index in [9.17, 15) is 8.42 Å². The van der Waals surface area contributed by atoms with Gasteiger partial charge in [-0.1, -0.05) is 37.3 Å². The van der Waals surface area contributed by atoms with Crippen molar-refractivity contribution in [3.05, 3.63) is 35.9 Å². The van der Waals surface area contributed by atoms with Crippen molar-refractivity contribution in [3.63, 3.8) is 0 Å². The van der Waals surface area contributed by atoms with Gasteiger partial charge in [0.15, 0.2) is 0 Å². The standard InChI is InChI=1S/C10H15NO2S/c1-9(7-8-14(11,12)13)10-5-3-2-4-6-10/h2-6,9H,7-8H2,1H3,(H2,11,12,13). The zero-order valence-corrected chi connectivity index (χ0v) is 9.00. The molecule has 0 saturated heterocycles. The van der Waals surface area contributed by atoms with Crippen LogP contribution in [0.15, 0.2) is 30.3 Å². The van der Waals surface area contributed by atoms with Gasteiger partial charge in [0, 0.05) is 0 Å². The van der Waals surface area contributed by atoms with E-state index < -0.39 is 10.0 Å². The third-order valence-corrected chi connectivity index (χ3v) is 3.01. The van der Waals surface area contributed by atoms with E-state index in [-0.39, 0.29) is 11.7 Å². The summed E-state index contributed by atoms with van der Waals surface area (Å²) in [5.74, 6) is 0.276. The summed E-state index contributed by atoms with van der Waals surface area (Å²) in [4.78, 5) is 0. The predicted molar refractivity (Wildman–Crippen MR) is 57.4 cm³/mol. The Balaban J connectivity index is 2.56. The monoisotopic (exact) mass is 213 g/mol. The van der Waals surface area contributed by atoms with Crippen molar-refractivity contribution < 1.29 is 8.42 Å². The minimum Gasteiger partial charge on any atom is -0.229 e. The molecule has 2 N–H and O–H groups in total. The third kappa shape index (κ3) is 3.89. The summed E-state index contributed by atoms with van der Waals surface area (Å²) in [6, 6.07) is 9.82. The Morgan fingerprint density at radius 1 is 1.29 bits per heavy atom. The summed E-state index contributed by atoms with van der Waals surface area (Å²) in [5.41, 5.74) is 1.15. The smallest absolute Gasteiger partial charge is 0.209 e. The maximum atomic E-state index is 10.7. The number of nitrogens with two attached hydrogens (primary N) is 1. The maximum Gasteiger partial charge on any atom is 0.209 e. The van der Waals surface area contributed by atoms with E-state index in [0.29, 0.717) is 6.42 Å². The predicted octanol–water partition coefficient (Wildman–Crippen LogP) is 1.47. The number of rotatable bonds is 4. The highest BCUT2D eigenvalue weighted by Crippen LogP contribution is 2.18. The van der Waals surface area contributed by atoms with Crippen LogP contribution in [0, 0.1) is 0 Å². The van der Waals surface area contributed by atoms with Gasteiger partial charge in [-0.2, -0.15) is 0 Å². The topological polar surface area (TPSA) is 60.2 Å². The van der Waals surface area contributed by atoms with Gasteiger partial charge in [0.05, 0.1) is 5.75 Å². The van der Waals surface area contributed by atoms with Crippen LogP contribution in [-0.2, 0) is 10.0 Å². The lowest BCUT2D eigenvalue weighted by molar-refractivity contribution is 0.590. The summed E-state index contributed by atoms with van der Waals surface area (Å²) < 4.78 is 21.5. The Hall–Kier alpha value is -0.870. The molecule has 0 aliphatic heterocycles. The molecule has 0 aliphatic rings. The van der Waals surface area contributed by atoms with Crippen molar-refractivity contribution in [1.29, 1.82) is 0 Å². The lowest BCUT2D eigenvalue weighted by Gasteiger charge is -2.10. The van der Waals surface area contributed by atoms with Crippen molar-refractivity contribution in [2.75, 3.05) is 5.75 Å². The summed E-state index contributed by atoms with van der Waals surface area (Å²) in [7, 11) is -3.33. The van der Waals surface area contributed by atoms with Crippen LogP contribution in [0.5, 0.6) is 0 Å². The molecular weight excluding hydrogens is 198 g/mol. The molecular formula is C10H15NO2S. The van der Waals surface area contributed by atoms with Gasteiger partial charge >= 0.3 is 0 Å². The fourth-order valence-corrected chi connectivity index (χ4v) is 1.97. The van der Waals surface area contributed by atoms with E-state index in [1.807, 2.05) is 37.3 Å². The summed E-state index contributed by atoms with van der Waals surface area (Å²) in [6.07, 6.45) is 0.572. The van der Waals surface area contributed by atoms with Gasteiger partial charge in [0.1, 0.15) is 0 Å². The minimum absolute atomic E-state index is 0.0447. The van der Waals surface area contributed by atoms with Crippen LogP contribution in [0.1, 0.15) is 24.8 Å². The van der Waals surface area contributed by atoms with Gasteiger partial charge in [0.2, 0.25) is 10.0 Å². The molecule has 0 aliphatic carbocycles. The van der Waals surface area contributed by atoms with E-state index >= 15 is 0 Å². The molecule has 1 atom stereocenters. The molecule has 1 aromatic rings. The molecule has 14 heavy (non-hydrogen) atoms. The minimum atomic E-state index is -3.33. The highest BCUT2D eigenvalue weighted by Gasteiger charge is 2.09. The summed E-state index contributed by atoms with van der Waals surface area (Å²) in [6.45, 7) is 2.00. The van der Waals surface area contributed by atoms with E-state index in [1.165, 1.54) is 0 Å². The van der Waals surface area contributed by atoms with Crippen molar-refractivity contribution >= 4 is 10.0 Å². The molecule has 3 nitrogen and oxygen atoms in total. The van der Waals surface area contributed by atoms with Gasteiger partial charge in [-0.3, -0.25) is 0 Å². The highest BCUT2D eigenvalue weighted by molar-refractivity contribution is 7.89. The number of hydrogen-bond donors (Lipinski definition) is 1. The normalized spacial score (nSPS) is 13.9. The van der Waals surface area contributed by atoms with Crippen molar-refractivity contribution in [1.82, 2.24) is 0 Å². The fourth-order valence-electron chi connectivity index (χ4n) is 1.29. The first-order valence-corrected chi connectivity index (χ1v) is 6.26. The summed E-state index contributed by atoms with van der Waals surface area (Å²) >= 11 is 0. The largest absolute Gasteiger partial charge is 0.229 e. The zero-order chi connectivity index (χ0) is 10.6. The van der Waals surface area contributed by atoms with Crippen molar-refractivity contribution in [2.45, 2.75) is 19.3 Å². The van der Waals surface area contributed by atoms with Crippen LogP contribution in [0.4, 0.5) is 0 Å². The van der Waals surface area contributed by atoms with Gasteiger partial charge in [-0.25, -0.2) is 13.6 Å². The first-order valence-electron chi connectivity index (χ1n) is 4.54. The Kier molecular flexibility index (Phi) is 3.66. The van der Waals surface area contributed by atoms with Crippen LogP contribution in [-0.4, -0.2) is 14.2 Å². The number of benzene rings is 1. The van der Waals surface area contributed by atoms with Crippen LogP contribution in [0.2, 0.25) is 0 Å².